The molecule has 0 atom stereocenters. The van der Waals surface area contributed by atoms with Crippen molar-refractivity contribution in [2.45, 2.75) is 23.9 Å². The SMILES string of the molecule is CS(=O)(=O)c1ccc(CCC(F)(F)F)c(C(=O)O)c1. The summed E-state index contributed by atoms with van der Waals surface area (Å²) in [4.78, 5) is 10.7. The monoisotopic (exact) mass is 296 g/mol. The zero-order chi connectivity index (χ0) is 14.8. The van der Waals surface area contributed by atoms with Crippen molar-refractivity contribution in [3.05, 3.63) is 29.3 Å². The minimum atomic E-state index is -4.40. The number of halogens is 3. The predicted octanol–water partition coefficient (Wildman–Crippen LogP) is 2.28. The van der Waals surface area contributed by atoms with E-state index in [0.29, 0.717) is 0 Å². The average Bonchev–Trinajstić information content (AvgIpc) is 2.23. The standard InChI is InChI=1S/C11H11F3O4S/c1-19(17,18)8-3-2-7(4-5-11(12,13)14)9(6-8)10(15)16/h2-3,6H,4-5H2,1H3,(H,15,16). The second kappa shape index (κ2) is 5.20. The molecule has 0 saturated carbocycles. The zero-order valence-electron chi connectivity index (χ0n) is 9.86. The quantitative estimate of drug-likeness (QED) is 0.925. The summed E-state index contributed by atoms with van der Waals surface area (Å²) in [6.07, 6.45) is -5.17. The summed E-state index contributed by atoms with van der Waals surface area (Å²) in [5.74, 6) is -1.46. The Kier molecular flexibility index (Phi) is 4.24. The van der Waals surface area contributed by atoms with Crippen LogP contribution in [0.2, 0.25) is 0 Å². The number of aromatic carboxylic acids is 1. The fraction of sp³-hybridized carbons (Fsp3) is 0.364. The first-order chi connectivity index (χ1) is 8.50. The van der Waals surface area contributed by atoms with Crippen LogP contribution in [0.4, 0.5) is 13.2 Å². The van der Waals surface area contributed by atoms with Crippen molar-refractivity contribution in [1.82, 2.24) is 0 Å². The lowest BCUT2D eigenvalue weighted by atomic mass is 10.0. The number of hydrogen-bond acceptors (Lipinski definition) is 3. The van der Waals surface area contributed by atoms with E-state index in [0.717, 1.165) is 24.5 Å². The van der Waals surface area contributed by atoms with Crippen LogP contribution >= 0.6 is 0 Å². The molecule has 4 nitrogen and oxygen atoms in total. The summed E-state index contributed by atoms with van der Waals surface area (Å²) in [5, 5.41) is 8.91. The fourth-order valence-corrected chi connectivity index (χ4v) is 2.13. The molecule has 0 aromatic heterocycles. The fourth-order valence-electron chi connectivity index (χ4n) is 1.48. The van der Waals surface area contributed by atoms with Crippen LogP contribution in [0.5, 0.6) is 0 Å². The molecule has 0 aliphatic rings. The molecule has 0 amide bonds. The Morgan fingerprint density at radius 2 is 1.89 bits per heavy atom. The van der Waals surface area contributed by atoms with Gasteiger partial charge in [-0.3, -0.25) is 0 Å². The third kappa shape index (κ3) is 4.55. The maximum absolute atomic E-state index is 12.1. The van der Waals surface area contributed by atoms with Gasteiger partial charge in [0.15, 0.2) is 9.84 Å². The molecule has 0 heterocycles. The van der Waals surface area contributed by atoms with E-state index in [4.69, 9.17) is 5.11 Å². The van der Waals surface area contributed by atoms with E-state index < -0.39 is 40.4 Å². The van der Waals surface area contributed by atoms with Gasteiger partial charge in [-0.05, 0) is 24.1 Å². The van der Waals surface area contributed by atoms with Crippen LogP contribution in [0.15, 0.2) is 23.1 Å². The topological polar surface area (TPSA) is 71.4 Å². The van der Waals surface area contributed by atoms with Gasteiger partial charge < -0.3 is 5.11 Å². The second-order valence-electron chi connectivity index (χ2n) is 4.01. The third-order valence-corrected chi connectivity index (χ3v) is 3.53. The van der Waals surface area contributed by atoms with Gasteiger partial charge in [0.25, 0.3) is 0 Å². The van der Waals surface area contributed by atoms with Gasteiger partial charge in [0.1, 0.15) is 0 Å². The van der Waals surface area contributed by atoms with Gasteiger partial charge in [0.2, 0.25) is 0 Å². The highest BCUT2D eigenvalue weighted by Crippen LogP contribution is 2.24. The molecule has 0 aliphatic heterocycles. The van der Waals surface area contributed by atoms with Crippen LogP contribution in [0.25, 0.3) is 0 Å². The first kappa shape index (κ1) is 15.5. The molecule has 1 aromatic rings. The number of rotatable bonds is 4. The number of carboxylic acid groups (broad SMARTS) is 1. The molecule has 0 radical (unpaired) electrons. The summed E-state index contributed by atoms with van der Waals surface area (Å²) in [6.45, 7) is 0. The molecule has 0 bridgehead atoms. The maximum atomic E-state index is 12.1. The minimum Gasteiger partial charge on any atom is -0.478 e. The maximum Gasteiger partial charge on any atom is 0.389 e. The summed E-state index contributed by atoms with van der Waals surface area (Å²) < 4.78 is 58.8. The summed E-state index contributed by atoms with van der Waals surface area (Å²) in [5.41, 5.74) is -0.468. The lowest BCUT2D eigenvalue weighted by molar-refractivity contribution is -0.134. The van der Waals surface area contributed by atoms with E-state index in [1.165, 1.54) is 0 Å². The van der Waals surface area contributed by atoms with E-state index in [-0.39, 0.29) is 10.5 Å². The van der Waals surface area contributed by atoms with Crippen molar-refractivity contribution < 1.29 is 31.5 Å². The van der Waals surface area contributed by atoms with Gasteiger partial charge in [-0.25, -0.2) is 13.2 Å². The van der Waals surface area contributed by atoms with Crippen molar-refractivity contribution in [3.8, 4) is 0 Å². The van der Waals surface area contributed by atoms with Crippen molar-refractivity contribution in [2.75, 3.05) is 6.26 Å². The van der Waals surface area contributed by atoms with Gasteiger partial charge in [0.05, 0.1) is 10.5 Å². The van der Waals surface area contributed by atoms with Gasteiger partial charge in [-0.2, -0.15) is 13.2 Å². The number of aryl methyl sites for hydroxylation is 1. The molecule has 0 aliphatic carbocycles. The van der Waals surface area contributed by atoms with Crippen molar-refractivity contribution >= 4 is 15.8 Å². The van der Waals surface area contributed by atoms with E-state index in [2.05, 4.69) is 0 Å². The molecule has 0 fully saturated rings. The molecule has 106 valence electrons. The van der Waals surface area contributed by atoms with E-state index in [1.54, 1.807) is 0 Å². The number of benzene rings is 1. The van der Waals surface area contributed by atoms with Gasteiger partial charge >= 0.3 is 12.1 Å². The molecule has 0 spiro atoms. The summed E-state index contributed by atoms with van der Waals surface area (Å²) >= 11 is 0. The van der Waals surface area contributed by atoms with Crippen LogP contribution in [-0.4, -0.2) is 31.9 Å². The summed E-state index contributed by atoms with van der Waals surface area (Å²) in [6, 6.07) is 3.09. The Morgan fingerprint density at radius 3 is 2.32 bits per heavy atom. The Balaban J connectivity index is 3.16. The normalized spacial score (nSPS) is 12.4. The smallest absolute Gasteiger partial charge is 0.389 e. The van der Waals surface area contributed by atoms with Crippen LogP contribution < -0.4 is 0 Å². The van der Waals surface area contributed by atoms with E-state index in [9.17, 15) is 26.4 Å². The number of sulfone groups is 1. The largest absolute Gasteiger partial charge is 0.478 e. The number of carbonyl (C=O) groups is 1. The zero-order valence-corrected chi connectivity index (χ0v) is 10.7. The van der Waals surface area contributed by atoms with Crippen LogP contribution in [0.3, 0.4) is 0 Å². The highest BCUT2D eigenvalue weighted by atomic mass is 32.2. The first-order valence-electron chi connectivity index (χ1n) is 5.14. The first-order valence-corrected chi connectivity index (χ1v) is 7.03. The van der Waals surface area contributed by atoms with Crippen LogP contribution in [-0.2, 0) is 16.3 Å². The highest BCUT2D eigenvalue weighted by molar-refractivity contribution is 7.90. The third-order valence-electron chi connectivity index (χ3n) is 2.42. The molecule has 0 unspecified atom stereocenters. The Labute approximate surface area is 107 Å². The summed E-state index contributed by atoms with van der Waals surface area (Å²) in [7, 11) is -3.60. The predicted molar refractivity (Wildman–Crippen MR) is 60.9 cm³/mol. The number of hydrogen-bond donors (Lipinski definition) is 1. The van der Waals surface area contributed by atoms with Crippen molar-refractivity contribution in [2.24, 2.45) is 0 Å². The molecule has 1 N–H and O–H groups in total. The number of carboxylic acids is 1. The van der Waals surface area contributed by atoms with Crippen molar-refractivity contribution in [3.63, 3.8) is 0 Å². The van der Waals surface area contributed by atoms with Crippen LogP contribution in [0.1, 0.15) is 22.3 Å². The van der Waals surface area contributed by atoms with E-state index in [1.807, 2.05) is 0 Å². The molecule has 1 aromatic carbocycles. The highest BCUT2D eigenvalue weighted by Gasteiger charge is 2.27. The average molecular weight is 296 g/mol. The van der Waals surface area contributed by atoms with Gasteiger partial charge in [-0.15, -0.1) is 0 Å². The number of alkyl halides is 3. The van der Waals surface area contributed by atoms with Crippen molar-refractivity contribution in [1.29, 1.82) is 0 Å². The Hall–Kier alpha value is -1.57. The second-order valence-corrected chi connectivity index (χ2v) is 6.03. The lowest BCUT2D eigenvalue weighted by Gasteiger charge is -2.10. The molecule has 19 heavy (non-hydrogen) atoms. The molecular weight excluding hydrogens is 285 g/mol. The Bertz CT molecular complexity index is 590. The minimum absolute atomic E-state index is 0.0442. The molecule has 0 saturated heterocycles. The molecule has 1 rings (SSSR count). The van der Waals surface area contributed by atoms with Gasteiger partial charge in [0, 0.05) is 12.7 Å². The Morgan fingerprint density at radius 1 is 1.32 bits per heavy atom. The van der Waals surface area contributed by atoms with Gasteiger partial charge in [-0.1, -0.05) is 6.07 Å². The molecular formula is C11H11F3O4S. The lowest BCUT2D eigenvalue weighted by Crippen LogP contribution is -2.12. The van der Waals surface area contributed by atoms with E-state index >= 15 is 0 Å². The molecule has 8 heteroatoms. The van der Waals surface area contributed by atoms with Crippen LogP contribution in [0, 0.1) is 0 Å².